The minimum Gasteiger partial charge on any atom is -0.476 e. The van der Waals surface area contributed by atoms with Crippen LogP contribution in [0.3, 0.4) is 0 Å². The molecule has 1 saturated carbocycles. The van der Waals surface area contributed by atoms with Crippen molar-refractivity contribution < 1.29 is 19.2 Å². The van der Waals surface area contributed by atoms with E-state index in [9.17, 15) is 9.59 Å². The number of amides is 1. The van der Waals surface area contributed by atoms with Crippen molar-refractivity contribution in [3.05, 3.63) is 59.5 Å². The summed E-state index contributed by atoms with van der Waals surface area (Å²) in [5.41, 5.74) is 1.61. The number of aromatic nitrogens is 4. The van der Waals surface area contributed by atoms with Crippen LogP contribution in [0, 0.1) is 0 Å². The molecule has 0 saturated heterocycles. The molecule has 1 aliphatic carbocycles. The first-order valence-corrected chi connectivity index (χ1v) is 9.56. The number of rotatable bonds is 9. The van der Waals surface area contributed by atoms with Gasteiger partial charge in [-0.15, -0.1) is 0 Å². The van der Waals surface area contributed by atoms with E-state index in [1.807, 2.05) is 24.3 Å². The highest BCUT2D eigenvalue weighted by molar-refractivity contribution is 5.85. The lowest BCUT2D eigenvalue weighted by Gasteiger charge is -2.07. The summed E-state index contributed by atoms with van der Waals surface area (Å²) in [6, 6.07) is 8.85. The van der Waals surface area contributed by atoms with Crippen LogP contribution in [0.2, 0.25) is 0 Å². The van der Waals surface area contributed by atoms with Gasteiger partial charge in [0, 0.05) is 31.5 Å². The Bertz CT molecular complexity index is 1020. The van der Waals surface area contributed by atoms with Gasteiger partial charge >= 0.3 is 5.97 Å². The summed E-state index contributed by atoms with van der Waals surface area (Å²) in [6.07, 6.45) is 5.46. The van der Waals surface area contributed by atoms with Crippen molar-refractivity contribution >= 4 is 11.9 Å². The predicted octanol–water partition coefficient (Wildman–Crippen LogP) is 2.47. The number of aromatic carboxylic acids is 1. The number of hydrogen-bond donors (Lipinski definition) is 2. The molecule has 1 amide bonds. The van der Waals surface area contributed by atoms with Crippen LogP contribution in [0.15, 0.2) is 41.1 Å². The summed E-state index contributed by atoms with van der Waals surface area (Å²) in [6.45, 7) is 0.381. The fourth-order valence-electron chi connectivity index (χ4n) is 2.96. The number of carboxylic acids is 1. The quantitative estimate of drug-likeness (QED) is 0.570. The van der Waals surface area contributed by atoms with E-state index in [-0.39, 0.29) is 11.6 Å². The molecule has 1 aromatic carbocycles. The largest absolute Gasteiger partial charge is 0.476 e. The highest BCUT2D eigenvalue weighted by atomic mass is 16.5. The lowest BCUT2D eigenvalue weighted by Crippen LogP contribution is -2.22. The topological polar surface area (TPSA) is 123 Å². The van der Waals surface area contributed by atoms with Gasteiger partial charge in [-0.05, 0) is 43.0 Å². The molecular weight excluding hydrogens is 374 g/mol. The van der Waals surface area contributed by atoms with E-state index < -0.39 is 5.97 Å². The Hall–Kier alpha value is -3.49. The summed E-state index contributed by atoms with van der Waals surface area (Å²) in [5, 5.41) is 19.9. The van der Waals surface area contributed by atoms with Gasteiger partial charge in [-0.2, -0.15) is 10.1 Å². The number of aryl methyl sites for hydroxylation is 1. The van der Waals surface area contributed by atoms with Crippen LogP contribution in [-0.2, 0) is 17.8 Å². The Morgan fingerprint density at radius 2 is 2.14 bits per heavy atom. The molecular formula is C20H21N5O4. The first-order valence-electron chi connectivity index (χ1n) is 9.56. The second-order valence-corrected chi connectivity index (χ2v) is 7.07. The minimum absolute atomic E-state index is 0.0193. The molecule has 0 unspecified atom stereocenters. The van der Waals surface area contributed by atoms with E-state index in [1.54, 1.807) is 6.20 Å². The average molecular weight is 395 g/mol. The molecule has 4 rings (SSSR count). The molecule has 3 aromatic rings. The van der Waals surface area contributed by atoms with Crippen molar-refractivity contribution in [3.8, 4) is 5.69 Å². The molecule has 0 atom stereocenters. The Labute approximate surface area is 166 Å². The van der Waals surface area contributed by atoms with Crippen molar-refractivity contribution in [2.75, 3.05) is 0 Å². The molecule has 1 aliphatic rings. The predicted molar refractivity (Wildman–Crippen MR) is 102 cm³/mol. The van der Waals surface area contributed by atoms with Gasteiger partial charge < -0.3 is 14.9 Å². The van der Waals surface area contributed by atoms with Crippen molar-refractivity contribution in [2.24, 2.45) is 0 Å². The van der Waals surface area contributed by atoms with Crippen LogP contribution < -0.4 is 5.32 Å². The molecule has 1 fully saturated rings. The normalized spacial score (nSPS) is 13.4. The van der Waals surface area contributed by atoms with Crippen LogP contribution in [-0.4, -0.2) is 36.9 Å². The molecule has 2 aromatic heterocycles. The Balaban J connectivity index is 1.24. The number of carbonyl (C=O) groups excluding carboxylic acids is 1. The maximum atomic E-state index is 12.1. The van der Waals surface area contributed by atoms with E-state index >= 15 is 0 Å². The molecule has 0 bridgehead atoms. The lowest BCUT2D eigenvalue weighted by molar-refractivity contribution is -0.121. The maximum absolute atomic E-state index is 12.1. The SMILES string of the molecule is O=C(CCCc1nc(C2CC2)no1)NCc1cccc(-n2ccc(C(=O)O)n2)c1. The molecule has 0 spiro atoms. The third kappa shape index (κ3) is 4.87. The third-order valence-electron chi connectivity index (χ3n) is 4.69. The van der Waals surface area contributed by atoms with E-state index in [0.29, 0.717) is 37.6 Å². The summed E-state index contributed by atoms with van der Waals surface area (Å²) < 4.78 is 6.71. The number of hydrogen-bond acceptors (Lipinski definition) is 6. The number of nitrogens with one attached hydrogen (secondary N) is 1. The second-order valence-electron chi connectivity index (χ2n) is 7.07. The zero-order valence-corrected chi connectivity index (χ0v) is 15.7. The van der Waals surface area contributed by atoms with Gasteiger partial charge in [-0.25, -0.2) is 9.48 Å². The Kier molecular flexibility index (Phi) is 5.37. The third-order valence-corrected chi connectivity index (χ3v) is 4.69. The first kappa shape index (κ1) is 18.9. The number of carboxylic acid groups (broad SMARTS) is 1. The molecule has 2 heterocycles. The summed E-state index contributed by atoms with van der Waals surface area (Å²) in [4.78, 5) is 27.4. The molecule has 150 valence electrons. The number of nitrogens with zero attached hydrogens (tertiary/aromatic N) is 4. The number of carbonyl (C=O) groups is 2. The van der Waals surface area contributed by atoms with E-state index in [2.05, 4.69) is 20.6 Å². The summed E-state index contributed by atoms with van der Waals surface area (Å²) in [7, 11) is 0. The number of benzene rings is 1. The minimum atomic E-state index is -1.07. The van der Waals surface area contributed by atoms with Gasteiger partial charge in [0.05, 0.1) is 5.69 Å². The first-order chi connectivity index (χ1) is 14.1. The van der Waals surface area contributed by atoms with Crippen LogP contribution in [0.25, 0.3) is 5.69 Å². The summed E-state index contributed by atoms with van der Waals surface area (Å²) in [5.74, 6) is 0.717. The van der Waals surface area contributed by atoms with E-state index in [1.165, 1.54) is 10.7 Å². The highest BCUT2D eigenvalue weighted by Crippen LogP contribution is 2.38. The monoisotopic (exact) mass is 395 g/mol. The van der Waals surface area contributed by atoms with Crippen LogP contribution in [0.1, 0.15) is 59.4 Å². The van der Waals surface area contributed by atoms with Gasteiger partial charge in [-0.3, -0.25) is 4.79 Å². The molecule has 0 aliphatic heterocycles. The van der Waals surface area contributed by atoms with Crippen molar-refractivity contribution in [2.45, 2.75) is 44.6 Å². The second kappa shape index (κ2) is 8.26. The summed E-state index contributed by atoms with van der Waals surface area (Å²) >= 11 is 0. The average Bonchev–Trinajstić information content (AvgIpc) is 3.25. The smallest absolute Gasteiger partial charge is 0.356 e. The van der Waals surface area contributed by atoms with Crippen LogP contribution in [0.5, 0.6) is 0 Å². The zero-order chi connectivity index (χ0) is 20.2. The van der Waals surface area contributed by atoms with Gasteiger partial charge in [0.25, 0.3) is 0 Å². The van der Waals surface area contributed by atoms with Crippen LogP contribution in [0.4, 0.5) is 0 Å². The standard InChI is InChI=1S/C20H21N5O4/c26-17(5-2-6-18-22-19(24-29-18)14-7-8-14)21-12-13-3-1-4-15(11-13)25-10-9-16(23-25)20(27)28/h1,3-4,9-11,14H,2,5-8,12H2,(H,21,26)(H,27,28). The van der Waals surface area contributed by atoms with Gasteiger partial charge in [0.1, 0.15) is 0 Å². The molecule has 9 nitrogen and oxygen atoms in total. The maximum Gasteiger partial charge on any atom is 0.356 e. The molecule has 2 N–H and O–H groups in total. The lowest BCUT2D eigenvalue weighted by atomic mass is 10.2. The highest BCUT2D eigenvalue weighted by Gasteiger charge is 2.28. The fraction of sp³-hybridized carbons (Fsp3) is 0.350. The van der Waals surface area contributed by atoms with Crippen molar-refractivity contribution in [3.63, 3.8) is 0 Å². The Morgan fingerprint density at radius 1 is 1.28 bits per heavy atom. The van der Waals surface area contributed by atoms with Gasteiger partial charge in [0.15, 0.2) is 11.5 Å². The Morgan fingerprint density at radius 3 is 2.90 bits per heavy atom. The van der Waals surface area contributed by atoms with Crippen molar-refractivity contribution in [1.82, 2.24) is 25.2 Å². The van der Waals surface area contributed by atoms with Gasteiger partial charge in [0.2, 0.25) is 11.8 Å². The fourth-order valence-corrected chi connectivity index (χ4v) is 2.96. The molecule has 9 heteroatoms. The van der Waals surface area contributed by atoms with E-state index in [4.69, 9.17) is 9.63 Å². The molecule has 0 radical (unpaired) electrons. The van der Waals surface area contributed by atoms with Crippen LogP contribution >= 0.6 is 0 Å². The van der Waals surface area contributed by atoms with Crippen molar-refractivity contribution in [1.29, 1.82) is 0 Å². The molecule has 29 heavy (non-hydrogen) atoms. The zero-order valence-electron chi connectivity index (χ0n) is 15.7. The van der Waals surface area contributed by atoms with Gasteiger partial charge in [-0.1, -0.05) is 17.3 Å². The van der Waals surface area contributed by atoms with E-state index in [0.717, 1.165) is 29.9 Å².